The van der Waals surface area contributed by atoms with Gasteiger partial charge in [-0.05, 0) is 36.8 Å². The summed E-state index contributed by atoms with van der Waals surface area (Å²) in [5.41, 5.74) is 1.26. The molecule has 0 bridgehead atoms. The predicted molar refractivity (Wildman–Crippen MR) is 58.4 cm³/mol. The highest BCUT2D eigenvalue weighted by Crippen LogP contribution is 2.18. The van der Waals surface area contributed by atoms with Crippen molar-refractivity contribution >= 4 is 11.6 Å². The van der Waals surface area contributed by atoms with E-state index < -0.39 is 0 Å². The standard InChI is InChI=1S/C11H8ClN2O/c1-8-4-5-10(9(12)7-8)14-11(15)3-2-6-13-14/h2-3,5-7H,1H3. The largest absolute Gasteiger partial charge is 0.271 e. The number of benzene rings is 1. The molecule has 0 aliphatic rings. The zero-order valence-corrected chi connectivity index (χ0v) is 8.82. The molecule has 0 atom stereocenters. The maximum absolute atomic E-state index is 11.5. The van der Waals surface area contributed by atoms with E-state index in [-0.39, 0.29) is 5.56 Å². The topological polar surface area (TPSA) is 34.9 Å². The Morgan fingerprint density at radius 2 is 2.33 bits per heavy atom. The van der Waals surface area contributed by atoms with Gasteiger partial charge in [-0.1, -0.05) is 11.6 Å². The number of hydrogen-bond donors (Lipinski definition) is 0. The summed E-state index contributed by atoms with van der Waals surface area (Å²) in [5.74, 6) is 0. The third-order valence-electron chi connectivity index (χ3n) is 1.97. The van der Waals surface area contributed by atoms with Crippen LogP contribution in [0.1, 0.15) is 5.56 Å². The second-order valence-corrected chi connectivity index (χ2v) is 3.53. The molecule has 0 spiro atoms. The molecule has 0 saturated carbocycles. The normalized spacial score (nSPS) is 10.3. The van der Waals surface area contributed by atoms with Gasteiger partial charge in [0.1, 0.15) is 0 Å². The van der Waals surface area contributed by atoms with Gasteiger partial charge < -0.3 is 0 Å². The van der Waals surface area contributed by atoms with Crippen molar-refractivity contribution in [3.8, 4) is 5.69 Å². The highest BCUT2D eigenvalue weighted by atomic mass is 35.5. The van der Waals surface area contributed by atoms with Crippen molar-refractivity contribution in [3.05, 3.63) is 57.5 Å². The van der Waals surface area contributed by atoms with Gasteiger partial charge in [0.25, 0.3) is 5.56 Å². The average Bonchev–Trinajstić information content (AvgIpc) is 2.20. The van der Waals surface area contributed by atoms with E-state index in [0.29, 0.717) is 10.7 Å². The molecule has 2 rings (SSSR count). The van der Waals surface area contributed by atoms with Crippen LogP contribution in [0.5, 0.6) is 0 Å². The van der Waals surface area contributed by atoms with Crippen LogP contribution in [0.15, 0.2) is 35.3 Å². The van der Waals surface area contributed by atoms with Crippen molar-refractivity contribution in [2.45, 2.75) is 6.92 Å². The summed E-state index contributed by atoms with van der Waals surface area (Å²) in [6.07, 6.45) is 1.54. The van der Waals surface area contributed by atoms with Crippen LogP contribution < -0.4 is 5.56 Å². The smallest absolute Gasteiger partial charge is 0.267 e. The molecule has 0 saturated heterocycles. The van der Waals surface area contributed by atoms with Crippen LogP contribution in [0.25, 0.3) is 5.69 Å². The van der Waals surface area contributed by atoms with E-state index in [9.17, 15) is 4.79 Å². The molecule has 0 fully saturated rings. The molecule has 0 aliphatic heterocycles. The van der Waals surface area contributed by atoms with Gasteiger partial charge in [-0.15, -0.1) is 0 Å². The molecule has 1 heterocycles. The fraction of sp³-hybridized carbons (Fsp3) is 0.0909. The van der Waals surface area contributed by atoms with E-state index >= 15 is 0 Å². The Morgan fingerprint density at radius 1 is 1.53 bits per heavy atom. The van der Waals surface area contributed by atoms with Gasteiger partial charge in [0.05, 0.1) is 10.7 Å². The first-order valence-electron chi connectivity index (χ1n) is 4.41. The number of halogens is 1. The van der Waals surface area contributed by atoms with Crippen molar-refractivity contribution < 1.29 is 0 Å². The molecule has 1 aromatic carbocycles. The van der Waals surface area contributed by atoms with Gasteiger partial charge in [0.2, 0.25) is 0 Å². The van der Waals surface area contributed by atoms with Gasteiger partial charge >= 0.3 is 0 Å². The molecule has 0 unspecified atom stereocenters. The lowest BCUT2D eigenvalue weighted by atomic mass is 10.2. The summed E-state index contributed by atoms with van der Waals surface area (Å²) in [6.45, 7) is 1.89. The van der Waals surface area contributed by atoms with E-state index in [4.69, 9.17) is 11.6 Å². The van der Waals surface area contributed by atoms with Crippen LogP contribution in [0.4, 0.5) is 0 Å². The predicted octanol–water partition coefficient (Wildman–Crippen LogP) is 1.99. The summed E-state index contributed by atoms with van der Waals surface area (Å²) < 4.78 is 1.25. The van der Waals surface area contributed by atoms with Crippen LogP contribution in [0, 0.1) is 13.0 Å². The fourth-order valence-corrected chi connectivity index (χ4v) is 1.56. The Balaban J connectivity index is 2.65. The minimum atomic E-state index is -0.211. The van der Waals surface area contributed by atoms with Crippen LogP contribution in [-0.4, -0.2) is 9.78 Å². The monoisotopic (exact) mass is 219 g/mol. The first-order valence-corrected chi connectivity index (χ1v) is 4.79. The van der Waals surface area contributed by atoms with Crippen LogP contribution >= 0.6 is 11.6 Å². The molecule has 2 aromatic rings. The van der Waals surface area contributed by atoms with Gasteiger partial charge in [-0.3, -0.25) is 4.79 Å². The summed E-state index contributed by atoms with van der Waals surface area (Å²) in [4.78, 5) is 11.5. The Hall–Kier alpha value is -1.61. The number of nitrogens with zero attached hydrogens (tertiary/aromatic N) is 2. The van der Waals surface area contributed by atoms with Crippen LogP contribution in [0.2, 0.25) is 5.02 Å². The maximum Gasteiger partial charge on any atom is 0.271 e. The minimum absolute atomic E-state index is 0.211. The zero-order chi connectivity index (χ0) is 10.8. The summed E-state index contributed by atoms with van der Waals surface area (Å²) in [6, 6.07) is 9.41. The lowest BCUT2D eigenvalue weighted by Crippen LogP contribution is -2.19. The Morgan fingerprint density at radius 3 is 3.00 bits per heavy atom. The zero-order valence-electron chi connectivity index (χ0n) is 8.07. The van der Waals surface area contributed by atoms with E-state index in [1.165, 1.54) is 16.9 Å². The molecule has 4 heteroatoms. The van der Waals surface area contributed by atoms with E-state index in [1.54, 1.807) is 18.2 Å². The number of aromatic nitrogens is 2. The van der Waals surface area contributed by atoms with Gasteiger partial charge in [0, 0.05) is 12.3 Å². The van der Waals surface area contributed by atoms with Gasteiger partial charge in [0.15, 0.2) is 0 Å². The lowest BCUT2D eigenvalue weighted by molar-refractivity contribution is 0.806. The molecule has 75 valence electrons. The van der Waals surface area contributed by atoms with Crippen molar-refractivity contribution in [2.24, 2.45) is 0 Å². The molecule has 0 amide bonds. The van der Waals surface area contributed by atoms with Crippen molar-refractivity contribution in [1.29, 1.82) is 0 Å². The Labute approximate surface area is 91.9 Å². The average molecular weight is 220 g/mol. The second kappa shape index (κ2) is 3.87. The van der Waals surface area contributed by atoms with Crippen molar-refractivity contribution in [1.82, 2.24) is 9.78 Å². The van der Waals surface area contributed by atoms with Crippen molar-refractivity contribution in [3.63, 3.8) is 0 Å². The molecule has 15 heavy (non-hydrogen) atoms. The quantitative estimate of drug-likeness (QED) is 0.735. The third-order valence-corrected chi connectivity index (χ3v) is 2.27. The SMILES string of the molecule is Cc1[c]cc(-n2ncccc2=O)c(Cl)c1. The molecule has 1 aromatic heterocycles. The number of hydrogen-bond acceptors (Lipinski definition) is 2. The molecular weight excluding hydrogens is 212 g/mol. The molecular formula is C11H8ClN2O. The highest BCUT2D eigenvalue weighted by molar-refractivity contribution is 6.32. The third kappa shape index (κ3) is 1.92. The Bertz CT molecular complexity index is 548. The molecule has 0 aliphatic carbocycles. The van der Waals surface area contributed by atoms with Crippen LogP contribution in [0.3, 0.4) is 0 Å². The summed E-state index contributed by atoms with van der Waals surface area (Å²) in [5, 5.41) is 4.43. The minimum Gasteiger partial charge on any atom is -0.267 e. The lowest BCUT2D eigenvalue weighted by Gasteiger charge is -2.05. The van der Waals surface area contributed by atoms with Crippen LogP contribution in [-0.2, 0) is 0 Å². The summed E-state index contributed by atoms with van der Waals surface area (Å²) >= 11 is 6.02. The molecule has 3 nitrogen and oxygen atoms in total. The molecule has 1 radical (unpaired) electrons. The first-order chi connectivity index (χ1) is 7.18. The number of aryl methyl sites for hydroxylation is 1. The summed E-state index contributed by atoms with van der Waals surface area (Å²) in [7, 11) is 0. The van der Waals surface area contributed by atoms with Gasteiger partial charge in [-0.25, -0.2) is 0 Å². The van der Waals surface area contributed by atoms with Gasteiger partial charge in [-0.2, -0.15) is 9.78 Å². The molecule has 0 N–H and O–H groups in total. The van der Waals surface area contributed by atoms with Crippen molar-refractivity contribution in [2.75, 3.05) is 0 Å². The van der Waals surface area contributed by atoms with E-state index in [0.717, 1.165) is 5.56 Å². The first kappa shape index (κ1) is 9.93. The Kier molecular flexibility index (Phi) is 2.56. The highest BCUT2D eigenvalue weighted by Gasteiger charge is 2.04. The van der Waals surface area contributed by atoms with E-state index in [2.05, 4.69) is 11.2 Å². The fourth-order valence-electron chi connectivity index (χ4n) is 1.26. The van der Waals surface area contributed by atoms with E-state index in [1.807, 2.05) is 6.92 Å². The number of rotatable bonds is 1. The second-order valence-electron chi connectivity index (χ2n) is 3.12. The maximum atomic E-state index is 11.5.